The topological polar surface area (TPSA) is 76.3 Å². The van der Waals surface area contributed by atoms with Gasteiger partial charge in [-0.25, -0.2) is 17.7 Å². The number of aromatic nitrogens is 1. The number of pyridine rings is 1. The highest BCUT2D eigenvalue weighted by molar-refractivity contribution is 9.10. The Labute approximate surface area is 104 Å². The molecule has 90 valence electrons. The Balaban J connectivity index is 3.21. The molecule has 0 radical (unpaired) electrons. The molecule has 2 N–H and O–H groups in total. The van der Waals surface area contributed by atoms with Crippen molar-refractivity contribution in [1.29, 1.82) is 0 Å². The van der Waals surface area contributed by atoms with Crippen LogP contribution in [0.2, 0.25) is 0 Å². The van der Waals surface area contributed by atoms with Crippen molar-refractivity contribution in [2.24, 2.45) is 0 Å². The van der Waals surface area contributed by atoms with Crippen molar-refractivity contribution in [3.05, 3.63) is 16.7 Å². The van der Waals surface area contributed by atoms with E-state index < -0.39 is 10.0 Å². The molecule has 1 aromatic rings. The minimum Gasteiger partial charge on any atom is -0.383 e. The summed E-state index contributed by atoms with van der Waals surface area (Å²) in [6.07, 6.45) is 2.21. The number of anilines is 1. The molecular weight excluding hydrogens is 294 g/mol. The first-order valence-corrected chi connectivity index (χ1v) is 7.00. The molecule has 1 aromatic heterocycles. The average molecular weight is 308 g/mol. The first-order chi connectivity index (χ1) is 7.39. The van der Waals surface area contributed by atoms with Crippen molar-refractivity contribution in [1.82, 2.24) is 9.29 Å². The van der Waals surface area contributed by atoms with E-state index in [0.717, 1.165) is 6.42 Å². The Bertz CT molecular complexity index is 476. The fourth-order valence-electron chi connectivity index (χ4n) is 1.24. The van der Waals surface area contributed by atoms with Gasteiger partial charge >= 0.3 is 0 Å². The quantitative estimate of drug-likeness (QED) is 0.913. The summed E-state index contributed by atoms with van der Waals surface area (Å²) in [6.45, 7) is 2.36. The number of hydrogen-bond donors (Lipinski definition) is 1. The van der Waals surface area contributed by atoms with Crippen LogP contribution in [0.3, 0.4) is 0 Å². The Hall–Kier alpha value is -0.660. The van der Waals surface area contributed by atoms with Crippen LogP contribution in [-0.4, -0.2) is 31.3 Å². The first kappa shape index (κ1) is 13.4. The van der Waals surface area contributed by atoms with Crippen molar-refractivity contribution >= 4 is 31.8 Å². The Morgan fingerprint density at radius 3 is 2.75 bits per heavy atom. The molecule has 5 nitrogen and oxygen atoms in total. The largest absolute Gasteiger partial charge is 0.383 e. The Kier molecular flexibility index (Phi) is 4.28. The zero-order valence-electron chi connectivity index (χ0n) is 9.14. The number of hydrogen-bond acceptors (Lipinski definition) is 4. The molecule has 0 aliphatic heterocycles. The molecule has 0 amide bonds. The number of halogens is 1. The summed E-state index contributed by atoms with van der Waals surface area (Å²) in [4.78, 5) is 3.85. The summed E-state index contributed by atoms with van der Waals surface area (Å²) in [5.41, 5.74) is 5.57. The van der Waals surface area contributed by atoms with E-state index in [9.17, 15) is 8.42 Å². The van der Waals surface area contributed by atoms with Gasteiger partial charge in [-0.2, -0.15) is 0 Å². The number of nitrogens with two attached hydrogens (primary N) is 1. The molecule has 1 heterocycles. The van der Waals surface area contributed by atoms with Gasteiger partial charge in [-0.05, 0) is 28.4 Å². The predicted molar refractivity (Wildman–Crippen MR) is 66.5 cm³/mol. The molecule has 0 atom stereocenters. The molecule has 1 rings (SSSR count). The van der Waals surface area contributed by atoms with Crippen LogP contribution >= 0.6 is 15.9 Å². The molecule has 7 heteroatoms. The number of nitrogen functional groups attached to an aromatic ring is 1. The van der Waals surface area contributed by atoms with E-state index in [1.807, 2.05) is 6.92 Å². The van der Waals surface area contributed by atoms with E-state index in [-0.39, 0.29) is 10.7 Å². The number of sulfonamides is 1. The summed E-state index contributed by atoms with van der Waals surface area (Å²) in [7, 11) is -2.01. The number of nitrogens with zero attached hydrogens (tertiary/aromatic N) is 2. The van der Waals surface area contributed by atoms with E-state index >= 15 is 0 Å². The van der Waals surface area contributed by atoms with E-state index in [4.69, 9.17) is 5.73 Å². The molecule has 0 saturated carbocycles. The zero-order chi connectivity index (χ0) is 12.3. The van der Waals surface area contributed by atoms with Crippen LogP contribution in [-0.2, 0) is 10.0 Å². The Morgan fingerprint density at radius 1 is 1.56 bits per heavy atom. The molecular formula is C9H14BrN3O2S. The van der Waals surface area contributed by atoms with E-state index in [1.54, 1.807) is 0 Å². The first-order valence-electron chi connectivity index (χ1n) is 4.77. The maximum atomic E-state index is 12.1. The van der Waals surface area contributed by atoms with E-state index in [2.05, 4.69) is 20.9 Å². The third-order valence-corrected chi connectivity index (χ3v) is 4.39. The summed E-state index contributed by atoms with van der Waals surface area (Å²) >= 11 is 3.18. The second-order valence-electron chi connectivity index (χ2n) is 3.36. The molecule has 0 spiro atoms. The minimum atomic E-state index is -3.54. The van der Waals surface area contributed by atoms with Gasteiger partial charge in [0, 0.05) is 24.3 Å². The predicted octanol–water partition coefficient (Wildman–Crippen LogP) is 1.46. The van der Waals surface area contributed by atoms with Gasteiger partial charge in [0.05, 0.1) is 0 Å². The van der Waals surface area contributed by atoms with Gasteiger partial charge in [-0.3, -0.25) is 0 Å². The minimum absolute atomic E-state index is 0.0196. The molecule has 0 saturated heterocycles. The summed E-state index contributed by atoms with van der Waals surface area (Å²) in [6, 6.07) is 1.46. The van der Waals surface area contributed by atoms with Gasteiger partial charge in [0.2, 0.25) is 10.0 Å². The van der Waals surface area contributed by atoms with Crippen LogP contribution < -0.4 is 5.73 Å². The lowest BCUT2D eigenvalue weighted by Crippen LogP contribution is -2.28. The zero-order valence-corrected chi connectivity index (χ0v) is 11.5. The maximum absolute atomic E-state index is 12.1. The Morgan fingerprint density at radius 2 is 2.19 bits per heavy atom. The van der Waals surface area contributed by atoms with Gasteiger partial charge < -0.3 is 5.73 Å². The lowest BCUT2D eigenvalue weighted by molar-refractivity contribution is 0.468. The van der Waals surface area contributed by atoms with Crippen LogP contribution in [0.4, 0.5) is 5.82 Å². The van der Waals surface area contributed by atoms with Crippen LogP contribution in [0.5, 0.6) is 0 Å². The second kappa shape index (κ2) is 5.11. The SMILES string of the molecule is CCCN(C)S(=O)(=O)c1cc(Br)cnc1N. The van der Waals surface area contributed by atoms with E-state index in [0.29, 0.717) is 11.0 Å². The summed E-state index contributed by atoms with van der Waals surface area (Å²) in [5, 5.41) is 0. The normalized spacial score (nSPS) is 12.0. The monoisotopic (exact) mass is 307 g/mol. The van der Waals surface area contributed by atoms with Gasteiger partial charge in [-0.15, -0.1) is 0 Å². The molecule has 16 heavy (non-hydrogen) atoms. The highest BCUT2D eigenvalue weighted by Gasteiger charge is 2.23. The molecule has 0 aliphatic carbocycles. The smallest absolute Gasteiger partial charge is 0.246 e. The number of rotatable bonds is 4. The van der Waals surface area contributed by atoms with Crippen molar-refractivity contribution < 1.29 is 8.42 Å². The van der Waals surface area contributed by atoms with Crippen molar-refractivity contribution in [3.8, 4) is 0 Å². The van der Waals surface area contributed by atoms with Crippen molar-refractivity contribution in [3.63, 3.8) is 0 Å². The van der Waals surface area contributed by atoms with Crippen LogP contribution in [0.15, 0.2) is 21.6 Å². The van der Waals surface area contributed by atoms with Crippen LogP contribution in [0.25, 0.3) is 0 Å². The maximum Gasteiger partial charge on any atom is 0.246 e. The standard InChI is InChI=1S/C9H14BrN3O2S/c1-3-4-13(2)16(14,15)8-5-7(10)6-12-9(8)11/h5-6H,3-4H2,1-2H3,(H2,11,12). The van der Waals surface area contributed by atoms with Gasteiger partial charge in [-0.1, -0.05) is 6.92 Å². The molecule has 0 bridgehead atoms. The van der Waals surface area contributed by atoms with Crippen molar-refractivity contribution in [2.75, 3.05) is 19.3 Å². The van der Waals surface area contributed by atoms with Crippen LogP contribution in [0, 0.1) is 0 Å². The second-order valence-corrected chi connectivity index (χ2v) is 6.29. The average Bonchev–Trinajstić information content (AvgIpc) is 2.22. The van der Waals surface area contributed by atoms with Gasteiger partial charge in [0.25, 0.3) is 0 Å². The highest BCUT2D eigenvalue weighted by atomic mass is 79.9. The fraction of sp³-hybridized carbons (Fsp3) is 0.444. The van der Waals surface area contributed by atoms with E-state index in [1.165, 1.54) is 23.6 Å². The molecule has 0 unspecified atom stereocenters. The van der Waals surface area contributed by atoms with Gasteiger partial charge in [0.15, 0.2) is 0 Å². The third kappa shape index (κ3) is 2.72. The lowest BCUT2D eigenvalue weighted by atomic mass is 10.5. The summed E-state index contributed by atoms with van der Waals surface area (Å²) < 4.78 is 26.0. The third-order valence-electron chi connectivity index (χ3n) is 2.08. The summed E-state index contributed by atoms with van der Waals surface area (Å²) in [5.74, 6) is 0.0196. The molecule has 0 aliphatic rings. The molecule has 0 fully saturated rings. The molecule has 0 aromatic carbocycles. The van der Waals surface area contributed by atoms with Crippen LogP contribution in [0.1, 0.15) is 13.3 Å². The van der Waals surface area contributed by atoms with Crippen molar-refractivity contribution in [2.45, 2.75) is 18.2 Å². The lowest BCUT2D eigenvalue weighted by Gasteiger charge is -2.17. The highest BCUT2D eigenvalue weighted by Crippen LogP contribution is 2.23. The van der Waals surface area contributed by atoms with Gasteiger partial charge in [0.1, 0.15) is 10.7 Å². The fourth-order valence-corrected chi connectivity index (χ4v) is 3.08.